The van der Waals surface area contributed by atoms with Gasteiger partial charge in [0.1, 0.15) is 0 Å². The van der Waals surface area contributed by atoms with Crippen molar-refractivity contribution in [2.24, 2.45) is 0 Å². The first-order valence-corrected chi connectivity index (χ1v) is 5.84. The molecular weight excluding hydrogens is 293 g/mol. The number of amides is 1. The highest BCUT2D eigenvalue weighted by atomic mass is 35.5. The van der Waals surface area contributed by atoms with Gasteiger partial charge < -0.3 is 5.32 Å². The predicted octanol–water partition coefficient (Wildman–Crippen LogP) is 4.01. The molecule has 7 heteroatoms. The Morgan fingerprint density at radius 1 is 1.15 bits per heavy atom. The average Bonchev–Trinajstić information content (AvgIpc) is 2.41. The average molecular weight is 301 g/mol. The second kappa shape index (κ2) is 5.50. The largest absolute Gasteiger partial charge is 0.416 e. The standard InChI is InChI=1S/C13H8ClF3N2O/c14-10-7-9(13(15,16)17)1-2-11(10)19-12(20)8-3-5-18-6-4-8/h1-7H,(H,19,20). The number of pyridine rings is 1. The Labute approximate surface area is 117 Å². The van der Waals surface area contributed by atoms with Gasteiger partial charge in [0.25, 0.3) is 5.91 Å². The fourth-order valence-electron chi connectivity index (χ4n) is 1.49. The number of nitrogens with one attached hydrogen (secondary N) is 1. The maximum atomic E-state index is 12.5. The molecule has 1 aromatic carbocycles. The van der Waals surface area contributed by atoms with Crippen LogP contribution in [0, 0.1) is 0 Å². The van der Waals surface area contributed by atoms with Gasteiger partial charge >= 0.3 is 6.18 Å². The van der Waals surface area contributed by atoms with Gasteiger partial charge in [-0.15, -0.1) is 0 Å². The fraction of sp³-hybridized carbons (Fsp3) is 0.0769. The van der Waals surface area contributed by atoms with Crippen molar-refractivity contribution in [2.75, 3.05) is 5.32 Å². The summed E-state index contributed by atoms with van der Waals surface area (Å²) in [5.74, 6) is -0.478. The Kier molecular flexibility index (Phi) is 3.94. The van der Waals surface area contributed by atoms with Gasteiger partial charge in [0.05, 0.1) is 16.3 Å². The highest BCUT2D eigenvalue weighted by Crippen LogP contribution is 2.33. The third kappa shape index (κ3) is 3.27. The highest BCUT2D eigenvalue weighted by molar-refractivity contribution is 6.34. The van der Waals surface area contributed by atoms with Crippen LogP contribution in [0.1, 0.15) is 15.9 Å². The van der Waals surface area contributed by atoms with Gasteiger partial charge in [-0.2, -0.15) is 13.2 Å². The first-order chi connectivity index (χ1) is 9.38. The van der Waals surface area contributed by atoms with E-state index in [4.69, 9.17) is 11.6 Å². The van der Waals surface area contributed by atoms with Crippen LogP contribution in [0.5, 0.6) is 0 Å². The minimum absolute atomic E-state index is 0.112. The van der Waals surface area contributed by atoms with Gasteiger partial charge in [0.2, 0.25) is 0 Å². The van der Waals surface area contributed by atoms with E-state index in [1.807, 2.05) is 0 Å². The van der Waals surface area contributed by atoms with Crippen molar-refractivity contribution in [1.82, 2.24) is 4.98 Å². The van der Waals surface area contributed by atoms with E-state index in [9.17, 15) is 18.0 Å². The van der Waals surface area contributed by atoms with E-state index >= 15 is 0 Å². The van der Waals surface area contributed by atoms with Crippen molar-refractivity contribution >= 4 is 23.2 Å². The first kappa shape index (κ1) is 14.3. The number of hydrogen-bond donors (Lipinski definition) is 1. The molecule has 0 saturated carbocycles. The highest BCUT2D eigenvalue weighted by Gasteiger charge is 2.30. The number of carbonyl (C=O) groups is 1. The number of rotatable bonds is 2. The van der Waals surface area contributed by atoms with E-state index < -0.39 is 17.6 Å². The fourth-order valence-corrected chi connectivity index (χ4v) is 1.72. The minimum atomic E-state index is -4.47. The molecule has 0 aliphatic rings. The van der Waals surface area contributed by atoms with Gasteiger partial charge in [0, 0.05) is 18.0 Å². The third-order valence-electron chi connectivity index (χ3n) is 2.49. The normalized spacial score (nSPS) is 11.2. The zero-order valence-corrected chi connectivity index (χ0v) is 10.7. The quantitative estimate of drug-likeness (QED) is 0.910. The number of nitrogens with zero attached hydrogens (tertiary/aromatic N) is 1. The topological polar surface area (TPSA) is 42.0 Å². The Morgan fingerprint density at radius 3 is 2.35 bits per heavy atom. The molecule has 0 bridgehead atoms. The molecule has 0 unspecified atom stereocenters. The molecule has 0 aliphatic carbocycles. The van der Waals surface area contributed by atoms with Crippen LogP contribution in [-0.2, 0) is 6.18 Å². The summed E-state index contributed by atoms with van der Waals surface area (Å²) >= 11 is 5.74. The Hall–Kier alpha value is -2.08. The predicted molar refractivity (Wildman–Crippen MR) is 68.6 cm³/mol. The molecule has 2 rings (SSSR count). The lowest BCUT2D eigenvalue weighted by Gasteiger charge is -2.11. The number of anilines is 1. The molecule has 104 valence electrons. The van der Waals surface area contributed by atoms with Crippen LogP contribution < -0.4 is 5.32 Å². The van der Waals surface area contributed by atoms with E-state index in [0.29, 0.717) is 5.56 Å². The number of carbonyl (C=O) groups excluding carboxylic acids is 1. The van der Waals surface area contributed by atoms with Crippen molar-refractivity contribution in [3.8, 4) is 0 Å². The monoisotopic (exact) mass is 300 g/mol. The van der Waals surface area contributed by atoms with Gasteiger partial charge in [-0.25, -0.2) is 0 Å². The molecule has 3 nitrogen and oxygen atoms in total. The number of alkyl halides is 3. The van der Waals surface area contributed by atoms with Crippen LogP contribution in [0.3, 0.4) is 0 Å². The van der Waals surface area contributed by atoms with Crippen LogP contribution >= 0.6 is 11.6 Å². The second-order valence-electron chi connectivity index (χ2n) is 3.88. The van der Waals surface area contributed by atoms with E-state index in [1.54, 1.807) is 0 Å². The van der Waals surface area contributed by atoms with Gasteiger partial charge in [-0.1, -0.05) is 11.6 Å². The molecule has 20 heavy (non-hydrogen) atoms. The van der Waals surface area contributed by atoms with Crippen molar-refractivity contribution in [2.45, 2.75) is 6.18 Å². The summed E-state index contributed by atoms with van der Waals surface area (Å²) in [6.07, 6.45) is -1.61. The third-order valence-corrected chi connectivity index (χ3v) is 2.80. The maximum Gasteiger partial charge on any atom is 0.416 e. The van der Waals surface area contributed by atoms with Crippen molar-refractivity contribution in [3.05, 3.63) is 58.9 Å². The molecule has 0 radical (unpaired) electrons. The summed E-state index contributed by atoms with van der Waals surface area (Å²) in [5, 5.41) is 2.26. The molecular formula is C13H8ClF3N2O. The molecule has 0 spiro atoms. The molecule has 1 amide bonds. The zero-order valence-electron chi connectivity index (χ0n) is 9.91. The van der Waals surface area contributed by atoms with Gasteiger partial charge in [-0.05, 0) is 30.3 Å². The molecule has 0 atom stereocenters. The molecule has 1 heterocycles. The van der Waals surface area contributed by atoms with Crippen LogP contribution in [0.15, 0.2) is 42.7 Å². The second-order valence-corrected chi connectivity index (χ2v) is 4.29. The molecule has 1 aromatic heterocycles. The van der Waals surface area contributed by atoms with Gasteiger partial charge in [0.15, 0.2) is 0 Å². The zero-order chi connectivity index (χ0) is 14.8. The number of hydrogen-bond acceptors (Lipinski definition) is 2. The van der Waals surface area contributed by atoms with E-state index in [-0.39, 0.29) is 10.7 Å². The number of halogens is 4. The Balaban J connectivity index is 2.21. The van der Waals surface area contributed by atoms with Crippen molar-refractivity contribution in [3.63, 3.8) is 0 Å². The van der Waals surface area contributed by atoms with Crippen molar-refractivity contribution < 1.29 is 18.0 Å². The molecule has 0 saturated heterocycles. The summed E-state index contributed by atoms with van der Waals surface area (Å²) in [6.45, 7) is 0. The Bertz CT molecular complexity index is 629. The van der Waals surface area contributed by atoms with E-state index in [2.05, 4.69) is 10.3 Å². The Morgan fingerprint density at radius 2 is 1.80 bits per heavy atom. The van der Waals surface area contributed by atoms with E-state index in [1.165, 1.54) is 24.5 Å². The lowest BCUT2D eigenvalue weighted by molar-refractivity contribution is -0.137. The summed E-state index contributed by atoms with van der Waals surface area (Å²) < 4.78 is 37.4. The van der Waals surface area contributed by atoms with Crippen LogP contribution in [-0.4, -0.2) is 10.9 Å². The smallest absolute Gasteiger partial charge is 0.321 e. The van der Waals surface area contributed by atoms with Crippen LogP contribution in [0.4, 0.5) is 18.9 Å². The summed E-state index contributed by atoms with van der Waals surface area (Å²) in [4.78, 5) is 15.6. The van der Waals surface area contributed by atoms with Crippen LogP contribution in [0.2, 0.25) is 5.02 Å². The molecule has 2 aromatic rings. The summed E-state index contributed by atoms with van der Waals surface area (Å²) in [7, 11) is 0. The summed E-state index contributed by atoms with van der Waals surface area (Å²) in [5.41, 5.74) is -0.429. The SMILES string of the molecule is O=C(Nc1ccc(C(F)(F)F)cc1Cl)c1ccncc1. The molecule has 1 N–H and O–H groups in total. The van der Waals surface area contributed by atoms with Gasteiger partial charge in [-0.3, -0.25) is 9.78 Å². The maximum absolute atomic E-state index is 12.5. The minimum Gasteiger partial charge on any atom is -0.321 e. The van der Waals surface area contributed by atoms with Crippen LogP contribution in [0.25, 0.3) is 0 Å². The number of benzene rings is 1. The molecule has 0 aliphatic heterocycles. The molecule has 0 fully saturated rings. The van der Waals surface area contributed by atoms with E-state index in [0.717, 1.165) is 18.2 Å². The lowest BCUT2D eigenvalue weighted by atomic mass is 10.2. The first-order valence-electron chi connectivity index (χ1n) is 5.46. The lowest BCUT2D eigenvalue weighted by Crippen LogP contribution is -2.13. The van der Waals surface area contributed by atoms with Crippen molar-refractivity contribution in [1.29, 1.82) is 0 Å². The summed E-state index contributed by atoms with van der Waals surface area (Å²) in [6, 6.07) is 5.70. The number of aromatic nitrogens is 1.